The first-order chi connectivity index (χ1) is 17.4. The zero-order valence-electron chi connectivity index (χ0n) is 20.7. The number of benzene rings is 3. The van der Waals surface area contributed by atoms with Crippen LogP contribution in [0, 0.1) is 5.41 Å². The molecule has 0 saturated carbocycles. The standard InChI is InChI=1S/C32H26O4/c1-20-17-18-30(2)27(19-20)23-13-7-10-16-26(23)32(30,29(34)36-4)31(28(33)35-3)24-14-8-5-11-21(24)22-12-6-9-15-25(22)31/h5-16,18-19H,1-4H3. The van der Waals surface area contributed by atoms with Crippen molar-refractivity contribution in [3.8, 4) is 11.1 Å². The van der Waals surface area contributed by atoms with Gasteiger partial charge in [-0.2, -0.15) is 0 Å². The summed E-state index contributed by atoms with van der Waals surface area (Å²) in [5, 5.41) is 0. The van der Waals surface area contributed by atoms with E-state index in [-0.39, 0.29) is 0 Å². The summed E-state index contributed by atoms with van der Waals surface area (Å²) in [5.41, 5.74) is 6.28. The van der Waals surface area contributed by atoms with Gasteiger partial charge in [0.2, 0.25) is 0 Å². The molecule has 0 saturated heterocycles. The number of rotatable bonds is 3. The van der Waals surface area contributed by atoms with Crippen LogP contribution in [0.1, 0.15) is 36.1 Å². The molecule has 0 bridgehead atoms. The third-order valence-electron chi connectivity index (χ3n) is 8.41. The van der Waals surface area contributed by atoms with Gasteiger partial charge in [-0.25, -0.2) is 0 Å². The molecule has 0 fully saturated rings. The minimum Gasteiger partial charge on any atom is -0.468 e. The first kappa shape index (κ1) is 22.3. The van der Waals surface area contributed by atoms with Crippen molar-refractivity contribution in [2.75, 3.05) is 14.2 Å². The molecule has 3 aliphatic carbocycles. The van der Waals surface area contributed by atoms with Crippen LogP contribution >= 0.6 is 0 Å². The molecule has 4 nitrogen and oxygen atoms in total. The molecule has 2 atom stereocenters. The normalized spacial score (nSPS) is 24.0. The summed E-state index contributed by atoms with van der Waals surface area (Å²) < 4.78 is 11.3. The summed E-state index contributed by atoms with van der Waals surface area (Å²) in [6, 6.07) is 23.5. The molecule has 0 amide bonds. The van der Waals surface area contributed by atoms with Gasteiger partial charge in [-0.3, -0.25) is 9.59 Å². The highest BCUT2D eigenvalue weighted by atomic mass is 16.5. The predicted octanol–water partition coefficient (Wildman–Crippen LogP) is 5.76. The first-order valence-electron chi connectivity index (χ1n) is 12.0. The molecule has 4 heteroatoms. The van der Waals surface area contributed by atoms with Crippen molar-refractivity contribution in [3.05, 3.63) is 119 Å². The molecule has 0 radical (unpaired) electrons. The van der Waals surface area contributed by atoms with Gasteiger partial charge in [0.05, 0.1) is 14.2 Å². The lowest BCUT2D eigenvalue weighted by atomic mass is 9.47. The molecule has 36 heavy (non-hydrogen) atoms. The Morgan fingerprint density at radius 1 is 0.722 bits per heavy atom. The van der Waals surface area contributed by atoms with Gasteiger partial charge >= 0.3 is 11.9 Å². The zero-order valence-corrected chi connectivity index (χ0v) is 20.7. The Morgan fingerprint density at radius 2 is 1.22 bits per heavy atom. The second-order valence-electron chi connectivity index (χ2n) is 9.85. The molecule has 6 rings (SSSR count). The Labute approximate surface area is 210 Å². The van der Waals surface area contributed by atoms with Crippen LogP contribution < -0.4 is 0 Å². The monoisotopic (exact) mass is 474 g/mol. The predicted molar refractivity (Wildman–Crippen MR) is 138 cm³/mol. The Balaban J connectivity index is 1.92. The van der Waals surface area contributed by atoms with E-state index in [0.29, 0.717) is 0 Å². The topological polar surface area (TPSA) is 52.6 Å². The van der Waals surface area contributed by atoms with Crippen molar-refractivity contribution in [1.29, 1.82) is 0 Å². The van der Waals surface area contributed by atoms with Gasteiger partial charge in [-0.05, 0) is 70.5 Å². The van der Waals surface area contributed by atoms with E-state index >= 15 is 0 Å². The molecule has 3 aromatic carbocycles. The number of hydrogen-bond acceptors (Lipinski definition) is 4. The van der Waals surface area contributed by atoms with Gasteiger partial charge < -0.3 is 9.47 Å². The van der Waals surface area contributed by atoms with Crippen molar-refractivity contribution in [2.24, 2.45) is 5.41 Å². The number of carbonyl (C=O) groups excluding carboxylic acids is 2. The molecule has 0 heterocycles. The van der Waals surface area contributed by atoms with E-state index in [1.165, 1.54) is 14.2 Å². The minimum atomic E-state index is -1.51. The molecular weight excluding hydrogens is 448 g/mol. The maximum absolute atomic E-state index is 14.6. The third-order valence-corrected chi connectivity index (χ3v) is 8.41. The number of methoxy groups -OCH3 is 2. The van der Waals surface area contributed by atoms with Gasteiger partial charge in [-0.1, -0.05) is 72.8 Å². The van der Waals surface area contributed by atoms with Gasteiger partial charge in [0.15, 0.2) is 0 Å². The van der Waals surface area contributed by atoms with E-state index in [2.05, 4.69) is 11.8 Å². The summed E-state index contributed by atoms with van der Waals surface area (Å²) in [4.78, 5) is 29.0. The summed E-state index contributed by atoms with van der Waals surface area (Å²) >= 11 is 0. The molecule has 3 aliphatic rings. The summed E-state index contributed by atoms with van der Waals surface area (Å²) in [7, 11) is 2.78. The fourth-order valence-electron chi connectivity index (χ4n) is 7.12. The highest BCUT2D eigenvalue weighted by molar-refractivity contribution is 6.11. The van der Waals surface area contributed by atoms with Crippen LogP contribution in [0.15, 0.2) is 96.3 Å². The largest absolute Gasteiger partial charge is 0.468 e. The van der Waals surface area contributed by atoms with Gasteiger partial charge in [0.25, 0.3) is 0 Å². The molecule has 2 unspecified atom stereocenters. The number of fused-ring (bicyclic) bond motifs is 6. The smallest absolute Gasteiger partial charge is 0.322 e. The average Bonchev–Trinajstić information content (AvgIpc) is 3.34. The first-order valence-corrected chi connectivity index (χ1v) is 12.0. The number of ether oxygens (including phenoxy) is 2. The van der Waals surface area contributed by atoms with Crippen molar-refractivity contribution >= 4 is 17.5 Å². The Bertz CT molecular complexity index is 1520. The van der Waals surface area contributed by atoms with E-state index < -0.39 is 28.2 Å². The number of hydrogen-bond donors (Lipinski definition) is 0. The lowest BCUT2D eigenvalue weighted by Crippen LogP contribution is -2.64. The molecule has 3 aromatic rings. The molecule has 178 valence electrons. The second-order valence-corrected chi connectivity index (χ2v) is 9.85. The summed E-state index contributed by atoms with van der Waals surface area (Å²) in [6.45, 7) is 4.00. The summed E-state index contributed by atoms with van der Waals surface area (Å²) in [5.74, 6) is -0.988. The molecular formula is C32H26O4. The van der Waals surface area contributed by atoms with E-state index in [0.717, 1.165) is 44.5 Å². The molecule has 0 aromatic heterocycles. The van der Waals surface area contributed by atoms with Gasteiger partial charge in [0, 0.05) is 5.41 Å². The van der Waals surface area contributed by atoms with Crippen molar-refractivity contribution in [3.63, 3.8) is 0 Å². The van der Waals surface area contributed by atoms with Gasteiger partial charge in [0.1, 0.15) is 10.8 Å². The summed E-state index contributed by atoms with van der Waals surface area (Å²) in [6.07, 6.45) is 4.02. The SMILES string of the molecule is COC(=O)C1(C2(C(=O)OC)c3ccccc3C3=CC(C)=C=CC32C)c2ccccc2-c2ccccc21. The van der Waals surface area contributed by atoms with E-state index in [9.17, 15) is 9.59 Å². The number of allylic oxidation sites excluding steroid dienone is 3. The van der Waals surface area contributed by atoms with Crippen LogP contribution in [0.25, 0.3) is 16.7 Å². The van der Waals surface area contributed by atoms with Gasteiger partial charge in [-0.15, -0.1) is 5.73 Å². The number of esters is 2. The Kier molecular flexibility index (Phi) is 4.61. The highest BCUT2D eigenvalue weighted by Gasteiger charge is 2.77. The molecule has 0 aliphatic heterocycles. The lowest BCUT2D eigenvalue weighted by Gasteiger charge is -2.51. The van der Waals surface area contributed by atoms with Crippen molar-refractivity contribution in [2.45, 2.75) is 24.7 Å². The van der Waals surface area contributed by atoms with E-state index in [1.807, 2.05) is 92.7 Å². The maximum atomic E-state index is 14.6. The Hall–Kier alpha value is -4.14. The van der Waals surface area contributed by atoms with E-state index in [1.54, 1.807) is 0 Å². The Morgan fingerprint density at radius 3 is 1.78 bits per heavy atom. The fraction of sp³-hybridized carbons (Fsp3) is 0.219. The molecule has 0 spiro atoms. The fourth-order valence-corrected chi connectivity index (χ4v) is 7.12. The third kappa shape index (κ3) is 2.26. The van der Waals surface area contributed by atoms with Crippen LogP contribution in [0.4, 0.5) is 0 Å². The molecule has 0 N–H and O–H groups in total. The van der Waals surface area contributed by atoms with Crippen LogP contribution in [0.3, 0.4) is 0 Å². The van der Waals surface area contributed by atoms with Crippen molar-refractivity contribution in [1.82, 2.24) is 0 Å². The minimum absolute atomic E-state index is 0.490. The van der Waals surface area contributed by atoms with Crippen LogP contribution in [0.2, 0.25) is 0 Å². The van der Waals surface area contributed by atoms with Crippen molar-refractivity contribution < 1.29 is 19.1 Å². The maximum Gasteiger partial charge on any atom is 0.322 e. The van der Waals surface area contributed by atoms with Crippen LogP contribution in [0.5, 0.6) is 0 Å². The van der Waals surface area contributed by atoms with Crippen LogP contribution in [-0.2, 0) is 29.9 Å². The van der Waals surface area contributed by atoms with E-state index in [4.69, 9.17) is 9.47 Å². The van der Waals surface area contributed by atoms with Crippen LogP contribution in [-0.4, -0.2) is 26.2 Å². The second kappa shape index (κ2) is 7.43. The lowest BCUT2D eigenvalue weighted by molar-refractivity contribution is -0.164. The highest BCUT2D eigenvalue weighted by Crippen LogP contribution is 2.71. The zero-order chi connectivity index (χ0) is 25.3. The quantitative estimate of drug-likeness (QED) is 0.358. The average molecular weight is 475 g/mol. The number of carbonyl (C=O) groups is 2.